The Bertz CT molecular complexity index is 640. The maximum atomic E-state index is 12.4. The van der Waals surface area contributed by atoms with Crippen molar-refractivity contribution >= 4 is 41.8 Å². The van der Waals surface area contributed by atoms with Gasteiger partial charge in [0.25, 0.3) is 11.8 Å². The van der Waals surface area contributed by atoms with Crippen molar-refractivity contribution in [2.75, 3.05) is 32.8 Å². The summed E-state index contributed by atoms with van der Waals surface area (Å²) in [6.07, 6.45) is 2.83. The number of aliphatic hydroxyl groups excluding tert-OH is 1. The van der Waals surface area contributed by atoms with E-state index >= 15 is 0 Å². The van der Waals surface area contributed by atoms with Gasteiger partial charge < -0.3 is 15.7 Å². The summed E-state index contributed by atoms with van der Waals surface area (Å²) in [6.45, 7) is 6.34. The van der Waals surface area contributed by atoms with Gasteiger partial charge in [-0.15, -0.1) is 24.0 Å². The normalized spacial score (nSPS) is 14.5. The Labute approximate surface area is 184 Å². The average molecular weight is 502 g/mol. The molecule has 1 aromatic rings. The SMILES string of the molecule is CCCC(CCO)CN=C(NCC)NCCN1C(=O)c2ccccc2C1=O.I. The fourth-order valence-corrected chi connectivity index (χ4v) is 3.21. The number of carbonyl (C=O) groups excluding carboxylic acids is 2. The summed E-state index contributed by atoms with van der Waals surface area (Å²) in [7, 11) is 0. The molecule has 1 aliphatic rings. The highest BCUT2D eigenvalue weighted by Crippen LogP contribution is 2.21. The maximum absolute atomic E-state index is 12.4. The highest BCUT2D eigenvalue weighted by atomic mass is 127. The fraction of sp³-hybridized carbons (Fsp3) is 0.550. The van der Waals surface area contributed by atoms with Crippen LogP contribution < -0.4 is 10.6 Å². The van der Waals surface area contributed by atoms with Crippen molar-refractivity contribution in [2.45, 2.75) is 33.1 Å². The molecule has 7 nitrogen and oxygen atoms in total. The van der Waals surface area contributed by atoms with Crippen molar-refractivity contribution < 1.29 is 14.7 Å². The summed E-state index contributed by atoms with van der Waals surface area (Å²) < 4.78 is 0. The van der Waals surface area contributed by atoms with Crippen LogP contribution in [-0.4, -0.2) is 60.6 Å². The van der Waals surface area contributed by atoms with E-state index in [9.17, 15) is 9.59 Å². The molecule has 2 amide bonds. The van der Waals surface area contributed by atoms with Crippen LogP contribution in [0.2, 0.25) is 0 Å². The van der Waals surface area contributed by atoms with E-state index in [4.69, 9.17) is 5.11 Å². The van der Waals surface area contributed by atoms with Crippen molar-refractivity contribution in [3.8, 4) is 0 Å². The van der Waals surface area contributed by atoms with Crippen molar-refractivity contribution in [1.82, 2.24) is 15.5 Å². The predicted octanol–water partition coefficient (Wildman–Crippen LogP) is 2.25. The topological polar surface area (TPSA) is 94.0 Å². The van der Waals surface area contributed by atoms with Gasteiger partial charge in [-0.3, -0.25) is 19.5 Å². The Morgan fingerprint density at radius 2 is 1.75 bits per heavy atom. The number of nitrogens with one attached hydrogen (secondary N) is 2. The molecular weight excluding hydrogens is 471 g/mol. The third-order valence-electron chi connectivity index (χ3n) is 4.59. The van der Waals surface area contributed by atoms with Gasteiger partial charge in [0.2, 0.25) is 0 Å². The van der Waals surface area contributed by atoms with Crippen LogP contribution in [0.25, 0.3) is 0 Å². The molecule has 28 heavy (non-hydrogen) atoms. The predicted molar refractivity (Wildman–Crippen MR) is 121 cm³/mol. The summed E-state index contributed by atoms with van der Waals surface area (Å²) in [5.74, 6) is 0.524. The van der Waals surface area contributed by atoms with Gasteiger partial charge in [0.05, 0.1) is 11.1 Å². The van der Waals surface area contributed by atoms with E-state index in [1.165, 1.54) is 4.90 Å². The Hall–Kier alpha value is -1.68. The smallest absolute Gasteiger partial charge is 0.261 e. The summed E-state index contributed by atoms with van der Waals surface area (Å²) in [4.78, 5) is 30.6. The zero-order chi connectivity index (χ0) is 19.6. The van der Waals surface area contributed by atoms with Gasteiger partial charge in [-0.2, -0.15) is 0 Å². The number of hydrogen-bond acceptors (Lipinski definition) is 4. The molecule has 0 radical (unpaired) electrons. The first-order chi connectivity index (χ1) is 13.1. The quantitative estimate of drug-likeness (QED) is 0.198. The minimum atomic E-state index is -0.245. The molecule has 0 spiro atoms. The van der Waals surface area contributed by atoms with Gasteiger partial charge in [0.1, 0.15) is 0 Å². The number of halogens is 1. The first kappa shape index (κ1) is 24.4. The highest BCUT2D eigenvalue weighted by Gasteiger charge is 2.34. The summed E-state index contributed by atoms with van der Waals surface area (Å²) in [5, 5.41) is 15.5. The molecule has 1 atom stereocenters. The van der Waals surface area contributed by atoms with Crippen molar-refractivity contribution in [2.24, 2.45) is 10.9 Å². The van der Waals surface area contributed by atoms with E-state index in [-0.39, 0.29) is 48.9 Å². The van der Waals surface area contributed by atoms with E-state index in [0.717, 1.165) is 25.8 Å². The van der Waals surface area contributed by atoms with Gasteiger partial charge in [-0.05, 0) is 37.8 Å². The molecule has 1 unspecified atom stereocenters. The molecule has 0 fully saturated rings. The molecule has 1 aliphatic heterocycles. The lowest BCUT2D eigenvalue weighted by Crippen LogP contribution is -2.43. The standard InChI is InChI=1S/C20H30N4O3.HI/c1-3-7-15(10-13-25)14-23-20(21-4-2)22-11-12-24-18(26)16-8-5-6-9-17(16)19(24)27;/h5-6,8-9,15,25H,3-4,7,10-14H2,1-2H3,(H2,21,22,23);1H. The number of aliphatic hydroxyl groups is 1. The van der Waals surface area contributed by atoms with E-state index in [0.29, 0.717) is 36.1 Å². The van der Waals surface area contributed by atoms with E-state index in [1.54, 1.807) is 24.3 Å². The zero-order valence-electron chi connectivity index (χ0n) is 16.6. The lowest BCUT2D eigenvalue weighted by Gasteiger charge is -2.17. The van der Waals surface area contributed by atoms with E-state index in [2.05, 4.69) is 22.5 Å². The van der Waals surface area contributed by atoms with Crippen LogP contribution in [-0.2, 0) is 0 Å². The molecule has 1 aromatic carbocycles. The van der Waals surface area contributed by atoms with Gasteiger partial charge in [0.15, 0.2) is 5.96 Å². The molecule has 0 saturated carbocycles. The van der Waals surface area contributed by atoms with Crippen LogP contribution >= 0.6 is 24.0 Å². The number of guanidine groups is 1. The summed E-state index contributed by atoms with van der Waals surface area (Å²) >= 11 is 0. The van der Waals surface area contributed by atoms with Crippen LogP contribution in [0.3, 0.4) is 0 Å². The van der Waals surface area contributed by atoms with Crippen LogP contribution in [0.15, 0.2) is 29.3 Å². The fourth-order valence-electron chi connectivity index (χ4n) is 3.21. The third-order valence-corrected chi connectivity index (χ3v) is 4.59. The minimum absolute atomic E-state index is 0. The van der Waals surface area contributed by atoms with Crippen LogP contribution in [0.5, 0.6) is 0 Å². The number of fused-ring (bicyclic) bond motifs is 1. The minimum Gasteiger partial charge on any atom is -0.396 e. The summed E-state index contributed by atoms with van der Waals surface area (Å²) in [6, 6.07) is 6.90. The average Bonchev–Trinajstić information content (AvgIpc) is 2.91. The maximum Gasteiger partial charge on any atom is 0.261 e. The van der Waals surface area contributed by atoms with Gasteiger partial charge in [-0.25, -0.2) is 0 Å². The lowest BCUT2D eigenvalue weighted by molar-refractivity contribution is 0.0657. The monoisotopic (exact) mass is 502 g/mol. The van der Waals surface area contributed by atoms with E-state index in [1.807, 2.05) is 6.92 Å². The molecule has 0 aromatic heterocycles. The molecular formula is C20H31IN4O3. The third kappa shape index (κ3) is 6.44. The summed E-state index contributed by atoms with van der Waals surface area (Å²) in [5.41, 5.74) is 0.934. The molecule has 3 N–H and O–H groups in total. The largest absolute Gasteiger partial charge is 0.396 e. The van der Waals surface area contributed by atoms with Crippen molar-refractivity contribution in [1.29, 1.82) is 0 Å². The molecule has 0 saturated heterocycles. The Kier molecular flexibility index (Phi) is 11.1. The number of imide groups is 1. The van der Waals surface area contributed by atoms with Crippen molar-refractivity contribution in [3.63, 3.8) is 0 Å². The van der Waals surface area contributed by atoms with Gasteiger partial charge in [0, 0.05) is 32.8 Å². The number of hydrogen-bond donors (Lipinski definition) is 3. The van der Waals surface area contributed by atoms with Crippen molar-refractivity contribution in [3.05, 3.63) is 35.4 Å². The van der Waals surface area contributed by atoms with Gasteiger partial charge in [-0.1, -0.05) is 25.5 Å². The molecule has 0 bridgehead atoms. The molecule has 1 heterocycles. The molecule has 0 aliphatic carbocycles. The number of nitrogens with zero attached hydrogens (tertiary/aromatic N) is 2. The molecule has 2 rings (SSSR count). The Morgan fingerprint density at radius 1 is 1.11 bits per heavy atom. The van der Waals surface area contributed by atoms with E-state index < -0.39 is 0 Å². The number of aliphatic imine (C=N–C) groups is 1. The van der Waals surface area contributed by atoms with Crippen LogP contribution in [0.4, 0.5) is 0 Å². The van der Waals surface area contributed by atoms with Gasteiger partial charge >= 0.3 is 0 Å². The number of amides is 2. The number of rotatable bonds is 10. The van der Waals surface area contributed by atoms with Crippen LogP contribution in [0, 0.1) is 5.92 Å². The number of benzene rings is 1. The second-order valence-corrected chi connectivity index (χ2v) is 6.62. The van der Waals surface area contributed by atoms with Crippen LogP contribution in [0.1, 0.15) is 53.8 Å². The Balaban J connectivity index is 0.00000392. The lowest BCUT2D eigenvalue weighted by atomic mass is 10.0. The number of carbonyl (C=O) groups is 2. The highest BCUT2D eigenvalue weighted by molar-refractivity contribution is 14.0. The molecule has 156 valence electrons. The first-order valence-corrected chi connectivity index (χ1v) is 9.70. The Morgan fingerprint density at radius 3 is 2.29 bits per heavy atom. The first-order valence-electron chi connectivity index (χ1n) is 9.70. The zero-order valence-corrected chi connectivity index (χ0v) is 18.9. The molecule has 8 heteroatoms. The second kappa shape index (κ2) is 12.7. The second-order valence-electron chi connectivity index (χ2n) is 6.62.